The van der Waals surface area contributed by atoms with Crippen molar-refractivity contribution < 1.29 is 19.1 Å². The average molecular weight is 259 g/mol. The van der Waals surface area contributed by atoms with Crippen LogP contribution in [0.2, 0.25) is 0 Å². The van der Waals surface area contributed by atoms with E-state index in [1.54, 1.807) is 24.3 Å². The lowest BCUT2D eigenvalue weighted by Crippen LogP contribution is -2.32. The van der Waals surface area contributed by atoms with Gasteiger partial charge in [-0.15, -0.1) is 0 Å². The van der Waals surface area contributed by atoms with Crippen LogP contribution < -0.4 is 4.90 Å². The van der Waals surface area contributed by atoms with Gasteiger partial charge in [0.15, 0.2) is 0 Å². The van der Waals surface area contributed by atoms with Gasteiger partial charge in [0, 0.05) is 4.90 Å². The van der Waals surface area contributed by atoms with Crippen molar-refractivity contribution >= 4 is 30.2 Å². The predicted octanol–water partition coefficient (Wildman–Crippen LogP) is 1.26. The van der Waals surface area contributed by atoms with Crippen molar-refractivity contribution in [3.8, 4) is 0 Å². The minimum absolute atomic E-state index is 0.0345. The molecule has 1 aromatic carbocycles. The van der Waals surface area contributed by atoms with Gasteiger partial charge in [-0.05, 0) is 23.9 Å². The van der Waals surface area contributed by atoms with E-state index in [1.807, 2.05) is 0 Å². The van der Waals surface area contributed by atoms with Crippen LogP contribution in [0.15, 0.2) is 29.2 Å². The fourth-order valence-electron chi connectivity index (χ4n) is 1.55. The Balaban J connectivity index is 2.34. The monoisotopic (exact) mass is 259 g/mol. The van der Waals surface area contributed by atoms with Crippen LogP contribution in [0.1, 0.15) is 0 Å². The molecule has 0 radical (unpaired) electrons. The molecule has 1 aliphatic rings. The lowest BCUT2D eigenvalue weighted by atomic mass is 10.3. The zero-order chi connectivity index (χ0) is 11.8. The SMILES string of the molecule is O=C1CN(CP(=O)(O)O)c2ccccc2S1. The van der Waals surface area contributed by atoms with Gasteiger partial charge in [0.1, 0.15) is 6.29 Å². The molecule has 0 saturated carbocycles. The number of hydrogen-bond donors (Lipinski definition) is 2. The topological polar surface area (TPSA) is 77.8 Å². The summed E-state index contributed by atoms with van der Waals surface area (Å²) in [5.74, 6) is 0. The summed E-state index contributed by atoms with van der Waals surface area (Å²) in [7, 11) is -4.15. The molecular formula is C9H10NO4PS. The number of fused-ring (bicyclic) bond motifs is 1. The van der Waals surface area contributed by atoms with E-state index in [-0.39, 0.29) is 11.7 Å². The highest BCUT2D eigenvalue weighted by molar-refractivity contribution is 8.14. The Hall–Kier alpha value is -0.810. The highest BCUT2D eigenvalue weighted by Crippen LogP contribution is 2.41. The number of carbonyl (C=O) groups excluding carboxylic acids is 1. The summed E-state index contributed by atoms with van der Waals surface area (Å²) in [6, 6.07) is 7.09. The van der Waals surface area contributed by atoms with Crippen LogP contribution in [0.5, 0.6) is 0 Å². The predicted molar refractivity (Wildman–Crippen MR) is 61.6 cm³/mol. The Bertz CT molecular complexity index is 472. The lowest BCUT2D eigenvalue weighted by molar-refractivity contribution is -0.109. The molecule has 0 unspecified atom stereocenters. The van der Waals surface area contributed by atoms with E-state index in [9.17, 15) is 9.36 Å². The van der Waals surface area contributed by atoms with Crippen LogP contribution in [-0.4, -0.2) is 27.7 Å². The van der Waals surface area contributed by atoms with Gasteiger partial charge < -0.3 is 14.7 Å². The van der Waals surface area contributed by atoms with E-state index < -0.39 is 13.9 Å². The molecule has 0 bridgehead atoms. The third-order valence-corrected chi connectivity index (χ3v) is 3.74. The maximum atomic E-state index is 11.4. The summed E-state index contributed by atoms with van der Waals surface area (Å²) in [6.45, 7) is 0.0345. The van der Waals surface area contributed by atoms with Crippen LogP contribution in [0.3, 0.4) is 0 Å². The summed E-state index contributed by atoms with van der Waals surface area (Å²) >= 11 is 1.11. The van der Waals surface area contributed by atoms with Crippen LogP contribution in [0, 0.1) is 0 Å². The van der Waals surface area contributed by atoms with E-state index in [4.69, 9.17) is 9.79 Å². The number of anilines is 1. The first kappa shape index (κ1) is 11.7. The van der Waals surface area contributed by atoms with Gasteiger partial charge in [-0.25, -0.2) is 0 Å². The largest absolute Gasteiger partial charge is 0.351 e. The molecule has 5 nitrogen and oxygen atoms in total. The van der Waals surface area contributed by atoms with Crippen LogP contribution in [0.25, 0.3) is 0 Å². The van der Waals surface area contributed by atoms with Crippen molar-refractivity contribution in [1.82, 2.24) is 0 Å². The fourth-order valence-corrected chi connectivity index (χ4v) is 3.16. The first-order valence-electron chi connectivity index (χ1n) is 4.55. The van der Waals surface area contributed by atoms with E-state index in [1.165, 1.54) is 4.90 Å². The third-order valence-electron chi connectivity index (χ3n) is 2.10. The molecule has 86 valence electrons. The second-order valence-electron chi connectivity index (χ2n) is 3.45. The fraction of sp³-hybridized carbons (Fsp3) is 0.222. The minimum atomic E-state index is -4.15. The van der Waals surface area contributed by atoms with Crippen molar-refractivity contribution in [2.24, 2.45) is 0 Å². The van der Waals surface area contributed by atoms with Crippen molar-refractivity contribution in [3.05, 3.63) is 24.3 Å². The first-order valence-corrected chi connectivity index (χ1v) is 7.16. The van der Waals surface area contributed by atoms with Gasteiger partial charge in [0.25, 0.3) is 0 Å². The number of nitrogens with zero attached hydrogens (tertiary/aromatic N) is 1. The molecular weight excluding hydrogens is 249 g/mol. The summed E-state index contributed by atoms with van der Waals surface area (Å²) in [4.78, 5) is 31.4. The number of benzene rings is 1. The zero-order valence-corrected chi connectivity index (χ0v) is 9.95. The molecule has 0 aromatic heterocycles. The summed E-state index contributed by atoms with van der Waals surface area (Å²) < 4.78 is 11.0. The number of para-hydroxylation sites is 1. The van der Waals surface area contributed by atoms with Gasteiger partial charge >= 0.3 is 7.60 Å². The lowest BCUT2D eigenvalue weighted by Gasteiger charge is -2.29. The smallest absolute Gasteiger partial charge is 0.344 e. The summed E-state index contributed by atoms with van der Waals surface area (Å²) in [6.07, 6.45) is -0.420. The van der Waals surface area contributed by atoms with Crippen molar-refractivity contribution in [2.75, 3.05) is 17.7 Å². The molecule has 16 heavy (non-hydrogen) atoms. The second-order valence-corrected chi connectivity index (χ2v) is 6.16. The van der Waals surface area contributed by atoms with Crippen LogP contribution in [-0.2, 0) is 9.36 Å². The quantitative estimate of drug-likeness (QED) is 0.778. The van der Waals surface area contributed by atoms with E-state index in [0.717, 1.165) is 16.7 Å². The zero-order valence-electron chi connectivity index (χ0n) is 8.24. The van der Waals surface area contributed by atoms with E-state index in [0.29, 0.717) is 5.69 Å². The molecule has 0 amide bonds. The molecule has 2 rings (SSSR count). The molecule has 1 aliphatic heterocycles. The molecule has 1 heterocycles. The third kappa shape index (κ3) is 2.65. The minimum Gasteiger partial charge on any atom is -0.351 e. The Labute approximate surface area is 96.6 Å². The van der Waals surface area contributed by atoms with Crippen LogP contribution in [0.4, 0.5) is 5.69 Å². The first-order chi connectivity index (χ1) is 7.46. The van der Waals surface area contributed by atoms with Crippen LogP contribution >= 0.6 is 19.4 Å². The number of carbonyl (C=O) groups is 1. The molecule has 0 spiro atoms. The standard InChI is InChI=1S/C9H10NO4PS/c11-9-5-10(6-15(12,13)14)7-3-1-2-4-8(7)16-9/h1-4H,5-6H2,(H2,12,13,14). The van der Waals surface area contributed by atoms with Gasteiger partial charge in [-0.3, -0.25) is 9.36 Å². The van der Waals surface area contributed by atoms with Gasteiger partial charge in [-0.1, -0.05) is 12.1 Å². The van der Waals surface area contributed by atoms with Crippen molar-refractivity contribution in [2.45, 2.75) is 4.90 Å². The maximum Gasteiger partial charge on any atom is 0.344 e. The Morgan fingerprint density at radius 3 is 2.75 bits per heavy atom. The Kier molecular flexibility index (Phi) is 3.08. The summed E-state index contributed by atoms with van der Waals surface area (Å²) in [5.41, 5.74) is 0.704. The normalized spacial score (nSPS) is 16.1. The number of thioether (sulfide) groups is 1. The molecule has 7 heteroatoms. The molecule has 2 N–H and O–H groups in total. The highest BCUT2D eigenvalue weighted by Gasteiger charge is 2.27. The molecule has 1 aromatic rings. The van der Waals surface area contributed by atoms with E-state index in [2.05, 4.69) is 0 Å². The average Bonchev–Trinajstić information content (AvgIpc) is 2.14. The number of rotatable bonds is 2. The van der Waals surface area contributed by atoms with Gasteiger partial charge in [0.05, 0.1) is 12.2 Å². The molecule has 0 aliphatic carbocycles. The van der Waals surface area contributed by atoms with E-state index >= 15 is 0 Å². The summed E-state index contributed by atoms with van der Waals surface area (Å²) in [5, 5.41) is -0.104. The molecule has 0 atom stereocenters. The van der Waals surface area contributed by atoms with Crippen molar-refractivity contribution in [1.29, 1.82) is 0 Å². The highest BCUT2D eigenvalue weighted by atomic mass is 32.2. The van der Waals surface area contributed by atoms with Gasteiger partial charge in [-0.2, -0.15) is 0 Å². The Morgan fingerprint density at radius 1 is 1.38 bits per heavy atom. The Morgan fingerprint density at radius 2 is 2.06 bits per heavy atom. The number of hydrogen-bond acceptors (Lipinski definition) is 4. The molecule has 0 fully saturated rings. The maximum absolute atomic E-state index is 11.4. The van der Waals surface area contributed by atoms with Crippen molar-refractivity contribution in [3.63, 3.8) is 0 Å². The molecule has 0 saturated heterocycles. The second kappa shape index (κ2) is 4.22. The van der Waals surface area contributed by atoms with Gasteiger partial charge in [0.2, 0.25) is 5.12 Å².